The van der Waals surface area contributed by atoms with E-state index in [1.807, 2.05) is 19.9 Å². The highest BCUT2D eigenvalue weighted by Gasteiger charge is 2.10. The zero-order valence-electron chi connectivity index (χ0n) is 10.3. The van der Waals surface area contributed by atoms with Gasteiger partial charge in [0.25, 0.3) is 0 Å². The van der Waals surface area contributed by atoms with Crippen molar-refractivity contribution < 1.29 is 9.90 Å². The van der Waals surface area contributed by atoms with E-state index in [2.05, 4.69) is 6.92 Å². The molecule has 0 saturated carbocycles. The molecule has 0 aliphatic carbocycles. The number of hydrogen-bond acceptors (Lipinski definition) is 1. The Morgan fingerprint density at radius 1 is 1.20 bits per heavy atom. The van der Waals surface area contributed by atoms with E-state index in [0.29, 0.717) is 5.57 Å². The second-order valence-corrected chi connectivity index (χ2v) is 4.32. The Balaban J connectivity index is 3.76. The van der Waals surface area contributed by atoms with E-state index in [1.54, 1.807) is 0 Å². The summed E-state index contributed by atoms with van der Waals surface area (Å²) in [5, 5.41) is 8.92. The summed E-state index contributed by atoms with van der Waals surface area (Å²) in [6.07, 6.45) is 8.94. The maximum atomic E-state index is 10.8. The molecule has 0 atom stereocenters. The van der Waals surface area contributed by atoms with E-state index < -0.39 is 5.97 Å². The van der Waals surface area contributed by atoms with E-state index in [0.717, 1.165) is 12.8 Å². The van der Waals surface area contributed by atoms with Crippen LogP contribution in [0.25, 0.3) is 0 Å². The molecule has 1 N–H and O–H groups in total. The molecule has 0 rings (SSSR count). The fourth-order valence-electron chi connectivity index (χ4n) is 1.58. The fraction of sp³-hybridized carbons (Fsp3) is 0.769. The molecule has 0 aliphatic heterocycles. The molecule has 2 heteroatoms. The van der Waals surface area contributed by atoms with Gasteiger partial charge in [-0.1, -0.05) is 52.5 Å². The third-order valence-electron chi connectivity index (χ3n) is 2.54. The molecule has 0 radical (unpaired) electrons. The average Bonchev–Trinajstić information content (AvgIpc) is 2.15. The normalized spacial score (nSPS) is 12.1. The van der Waals surface area contributed by atoms with Crippen LogP contribution in [0.2, 0.25) is 0 Å². The van der Waals surface area contributed by atoms with Gasteiger partial charge in [-0.05, 0) is 18.8 Å². The molecule has 88 valence electrons. The van der Waals surface area contributed by atoms with Gasteiger partial charge in [0, 0.05) is 5.57 Å². The van der Waals surface area contributed by atoms with Gasteiger partial charge in [0.1, 0.15) is 0 Å². The SMILES string of the molecule is CCCCCCC/C=C(\C(=O)O)C(C)C. The molecule has 0 saturated heterocycles. The molecular weight excluding hydrogens is 188 g/mol. The minimum Gasteiger partial charge on any atom is -0.478 e. The van der Waals surface area contributed by atoms with E-state index in [1.165, 1.54) is 25.7 Å². The Morgan fingerprint density at radius 2 is 1.80 bits per heavy atom. The van der Waals surface area contributed by atoms with Crippen molar-refractivity contribution in [3.63, 3.8) is 0 Å². The van der Waals surface area contributed by atoms with Crippen LogP contribution in [0.15, 0.2) is 11.6 Å². The topological polar surface area (TPSA) is 37.3 Å². The number of carbonyl (C=O) groups is 1. The molecular formula is C13H24O2. The first-order chi connectivity index (χ1) is 7.09. The summed E-state index contributed by atoms with van der Waals surface area (Å²) in [6.45, 7) is 6.05. The van der Waals surface area contributed by atoms with Crippen LogP contribution >= 0.6 is 0 Å². The van der Waals surface area contributed by atoms with E-state index in [9.17, 15) is 4.79 Å². The number of allylic oxidation sites excluding steroid dienone is 1. The predicted octanol–water partition coefficient (Wildman–Crippen LogP) is 4.01. The fourth-order valence-corrected chi connectivity index (χ4v) is 1.58. The van der Waals surface area contributed by atoms with Gasteiger partial charge in [0.2, 0.25) is 0 Å². The Bertz CT molecular complexity index is 205. The summed E-state index contributed by atoms with van der Waals surface area (Å²) >= 11 is 0. The predicted molar refractivity (Wildman–Crippen MR) is 63.9 cm³/mol. The van der Waals surface area contributed by atoms with Crippen molar-refractivity contribution in [3.8, 4) is 0 Å². The second kappa shape index (κ2) is 8.51. The molecule has 2 nitrogen and oxygen atoms in total. The number of hydrogen-bond donors (Lipinski definition) is 1. The van der Waals surface area contributed by atoms with Crippen molar-refractivity contribution in [3.05, 3.63) is 11.6 Å². The van der Waals surface area contributed by atoms with E-state index in [-0.39, 0.29) is 5.92 Å². The van der Waals surface area contributed by atoms with Gasteiger partial charge in [-0.2, -0.15) is 0 Å². The molecule has 0 aromatic heterocycles. The zero-order chi connectivity index (χ0) is 11.7. The first-order valence-electron chi connectivity index (χ1n) is 6.03. The largest absolute Gasteiger partial charge is 0.478 e. The lowest BCUT2D eigenvalue weighted by molar-refractivity contribution is -0.133. The van der Waals surface area contributed by atoms with Crippen LogP contribution < -0.4 is 0 Å². The molecule has 0 aromatic rings. The van der Waals surface area contributed by atoms with Crippen molar-refractivity contribution in [1.29, 1.82) is 0 Å². The lowest BCUT2D eigenvalue weighted by atomic mass is 10.0. The number of rotatable bonds is 8. The maximum absolute atomic E-state index is 10.8. The van der Waals surface area contributed by atoms with Crippen LogP contribution in [-0.2, 0) is 4.79 Å². The highest BCUT2D eigenvalue weighted by Crippen LogP contribution is 2.13. The van der Waals surface area contributed by atoms with Crippen LogP contribution in [0.3, 0.4) is 0 Å². The van der Waals surface area contributed by atoms with Crippen LogP contribution in [0.5, 0.6) is 0 Å². The molecule has 0 aromatic carbocycles. The van der Waals surface area contributed by atoms with Gasteiger partial charge < -0.3 is 5.11 Å². The standard InChI is InChI=1S/C13H24O2/c1-4-5-6-7-8-9-10-12(11(2)3)13(14)15/h10-11H,4-9H2,1-3H3,(H,14,15)/b12-10-. The summed E-state index contributed by atoms with van der Waals surface area (Å²) in [7, 11) is 0. The zero-order valence-corrected chi connectivity index (χ0v) is 10.3. The first-order valence-corrected chi connectivity index (χ1v) is 6.03. The molecule has 0 heterocycles. The minimum atomic E-state index is -0.765. The van der Waals surface area contributed by atoms with Gasteiger partial charge in [-0.15, -0.1) is 0 Å². The van der Waals surface area contributed by atoms with Crippen LogP contribution in [-0.4, -0.2) is 11.1 Å². The quantitative estimate of drug-likeness (QED) is 0.487. The summed E-state index contributed by atoms with van der Waals surface area (Å²) in [5.74, 6) is -0.642. The van der Waals surface area contributed by atoms with Crippen LogP contribution in [0.1, 0.15) is 59.3 Å². The van der Waals surface area contributed by atoms with Crippen molar-refractivity contribution in [2.24, 2.45) is 5.92 Å². The molecule has 15 heavy (non-hydrogen) atoms. The van der Waals surface area contributed by atoms with Gasteiger partial charge in [-0.3, -0.25) is 0 Å². The number of carboxylic acids is 1. The van der Waals surface area contributed by atoms with Crippen molar-refractivity contribution in [2.45, 2.75) is 59.3 Å². The number of unbranched alkanes of at least 4 members (excludes halogenated alkanes) is 5. The van der Waals surface area contributed by atoms with Crippen molar-refractivity contribution >= 4 is 5.97 Å². The summed E-state index contributed by atoms with van der Waals surface area (Å²) < 4.78 is 0. The lowest BCUT2D eigenvalue weighted by Crippen LogP contribution is -2.06. The van der Waals surface area contributed by atoms with Gasteiger partial charge in [0.05, 0.1) is 0 Å². The summed E-state index contributed by atoms with van der Waals surface area (Å²) in [5.41, 5.74) is 0.561. The molecule has 0 amide bonds. The highest BCUT2D eigenvalue weighted by atomic mass is 16.4. The molecule has 0 fully saturated rings. The minimum absolute atomic E-state index is 0.123. The first kappa shape index (κ1) is 14.2. The van der Waals surface area contributed by atoms with Crippen LogP contribution in [0, 0.1) is 5.92 Å². The molecule has 0 bridgehead atoms. The van der Waals surface area contributed by atoms with E-state index >= 15 is 0 Å². The molecule has 0 aliphatic rings. The lowest BCUT2D eigenvalue weighted by Gasteiger charge is -2.05. The van der Waals surface area contributed by atoms with Crippen molar-refractivity contribution in [2.75, 3.05) is 0 Å². The van der Waals surface area contributed by atoms with Crippen molar-refractivity contribution in [1.82, 2.24) is 0 Å². The Kier molecular flexibility index (Phi) is 8.06. The third-order valence-corrected chi connectivity index (χ3v) is 2.54. The smallest absolute Gasteiger partial charge is 0.331 e. The third kappa shape index (κ3) is 7.18. The van der Waals surface area contributed by atoms with Crippen LogP contribution in [0.4, 0.5) is 0 Å². The van der Waals surface area contributed by atoms with E-state index in [4.69, 9.17) is 5.11 Å². The van der Waals surface area contributed by atoms with Gasteiger partial charge in [-0.25, -0.2) is 4.79 Å². The summed E-state index contributed by atoms with van der Waals surface area (Å²) in [6, 6.07) is 0. The monoisotopic (exact) mass is 212 g/mol. The van der Waals surface area contributed by atoms with Gasteiger partial charge >= 0.3 is 5.97 Å². The summed E-state index contributed by atoms with van der Waals surface area (Å²) in [4.78, 5) is 10.8. The molecule has 0 unspecified atom stereocenters. The molecule has 0 spiro atoms. The number of aliphatic carboxylic acids is 1. The average molecular weight is 212 g/mol. The number of carboxylic acid groups (broad SMARTS) is 1. The second-order valence-electron chi connectivity index (χ2n) is 4.32. The highest BCUT2D eigenvalue weighted by molar-refractivity contribution is 5.86. The Labute approximate surface area is 93.4 Å². The Hall–Kier alpha value is -0.790. The Morgan fingerprint density at radius 3 is 2.27 bits per heavy atom. The maximum Gasteiger partial charge on any atom is 0.331 e. The van der Waals surface area contributed by atoms with Gasteiger partial charge in [0.15, 0.2) is 0 Å².